The van der Waals surface area contributed by atoms with Gasteiger partial charge in [0.15, 0.2) is 0 Å². The highest BCUT2D eigenvalue weighted by atomic mass is 16.5. The molecule has 0 aliphatic rings. The summed E-state index contributed by atoms with van der Waals surface area (Å²) in [5, 5.41) is 13.0. The lowest BCUT2D eigenvalue weighted by atomic mass is 10.3. The molecule has 0 rings (SSSR count). The van der Waals surface area contributed by atoms with Crippen LogP contribution < -0.4 is 10.6 Å². The topological polar surface area (TPSA) is 105 Å². The van der Waals surface area contributed by atoms with Crippen molar-refractivity contribution in [3.05, 3.63) is 0 Å². The molecular weight excluding hydrogens is 216 g/mol. The molecule has 0 aromatic heterocycles. The summed E-state index contributed by atoms with van der Waals surface area (Å²) in [5.41, 5.74) is 0. The first-order valence-corrected chi connectivity index (χ1v) is 4.90. The van der Waals surface area contributed by atoms with Gasteiger partial charge in [-0.05, 0) is 13.8 Å². The zero-order valence-electron chi connectivity index (χ0n) is 9.28. The summed E-state index contributed by atoms with van der Waals surface area (Å²) in [6, 6.07) is -1.60. The Labute approximate surface area is 93.2 Å². The second-order valence-electron chi connectivity index (χ2n) is 3.02. The predicted octanol–water partition coefficient (Wildman–Crippen LogP) is -0.288. The van der Waals surface area contributed by atoms with Gasteiger partial charge in [-0.15, -0.1) is 0 Å². The molecule has 0 aliphatic heterocycles. The smallest absolute Gasteiger partial charge is 0.325 e. The third kappa shape index (κ3) is 6.63. The third-order valence-electron chi connectivity index (χ3n) is 1.64. The van der Waals surface area contributed by atoms with Crippen molar-refractivity contribution in [1.29, 1.82) is 0 Å². The van der Waals surface area contributed by atoms with Crippen molar-refractivity contribution >= 4 is 18.0 Å². The minimum atomic E-state index is -1.12. The van der Waals surface area contributed by atoms with E-state index in [1.165, 1.54) is 6.92 Å². The van der Waals surface area contributed by atoms with Crippen LogP contribution in [0, 0.1) is 0 Å². The maximum atomic E-state index is 11.1. The fraction of sp³-hybridized carbons (Fsp3) is 0.667. The van der Waals surface area contributed by atoms with Crippen LogP contribution in [0.2, 0.25) is 0 Å². The van der Waals surface area contributed by atoms with Crippen molar-refractivity contribution < 1.29 is 24.2 Å². The van der Waals surface area contributed by atoms with Crippen LogP contribution in [0.1, 0.15) is 20.3 Å². The molecule has 0 radical (unpaired) electrons. The molecule has 0 aromatic rings. The van der Waals surface area contributed by atoms with Gasteiger partial charge in [-0.1, -0.05) is 0 Å². The Morgan fingerprint density at radius 1 is 1.38 bits per heavy atom. The van der Waals surface area contributed by atoms with Gasteiger partial charge in [-0.2, -0.15) is 0 Å². The van der Waals surface area contributed by atoms with Crippen LogP contribution in [0.15, 0.2) is 0 Å². The maximum Gasteiger partial charge on any atom is 0.325 e. The minimum absolute atomic E-state index is 0.0582. The average molecular weight is 232 g/mol. The predicted molar refractivity (Wildman–Crippen MR) is 54.9 cm³/mol. The molecule has 0 aliphatic carbocycles. The highest BCUT2D eigenvalue weighted by Crippen LogP contribution is 1.85. The second-order valence-corrected chi connectivity index (χ2v) is 3.02. The summed E-state index contributed by atoms with van der Waals surface area (Å²) in [4.78, 5) is 32.3. The van der Waals surface area contributed by atoms with Crippen molar-refractivity contribution in [2.24, 2.45) is 0 Å². The van der Waals surface area contributed by atoms with Gasteiger partial charge in [0.05, 0.1) is 13.0 Å². The zero-order valence-corrected chi connectivity index (χ0v) is 9.28. The number of carbonyl (C=O) groups excluding carboxylic acids is 2. The number of ether oxygens (including phenoxy) is 1. The van der Waals surface area contributed by atoms with E-state index in [-0.39, 0.29) is 13.0 Å². The van der Waals surface area contributed by atoms with E-state index in [2.05, 4.69) is 15.4 Å². The molecule has 0 saturated heterocycles. The van der Waals surface area contributed by atoms with Crippen molar-refractivity contribution in [1.82, 2.24) is 10.6 Å². The molecule has 7 nitrogen and oxygen atoms in total. The van der Waals surface area contributed by atoms with Gasteiger partial charge in [0.1, 0.15) is 6.04 Å². The van der Waals surface area contributed by atoms with Crippen LogP contribution in [0.25, 0.3) is 0 Å². The van der Waals surface area contributed by atoms with E-state index in [0.29, 0.717) is 6.61 Å². The molecule has 0 heterocycles. The summed E-state index contributed by atoms with van der Waals surface area (Å²) in [5.74, 6) is -1.53. The van der Waals surface area contributed by atoms with Crippen molar-refractivity contribution in [3.8, 4) is 0 Å². The van der Waals surface area contributed by atoms with Crippen molar-refractivity contribution in [3.63, 3.8) is 0 Å². The number of amides is 2. The Kier molecular flexibility index (Phi) is 6.66. The van der Waals surface area contributed by atoms with E-state index in [0.717, 1.165) is 0 Å². The van der Waals surface area contributed by atoms with Crippen LogP contribution >= 0.6 is 0 Å². The fourth-order valence-electron chi connectivity index (χ4n) is 0.821. The Bertz CT molecular complexity index is 267. The van der Waals surface area contributed by atoms with Crippen LogP contribution in [-0.2, 0) is 14.3 Å². The van der Waals surface area contributed by atoms with Gasteiger partial charge in [0.25, 0.3) is 0 Å². The molecule has 1 atom stereocenters. The van der Waals surface area contributed by atoms with Gasteiger partial charge in [-0.3, -0.25) is 9.59 Å². The highest BCUT2D eigenvalue weighted by molar-refractivity contribution is 5.82. The largest absolute Gasteiger partial charge is 0.480 e. The molecule has 7 heteroatoms. The van der Waals surface area contributed by atoms with Crippen molar-refractivity contribution in [2.75, 3.05) is 13.2 Å². The van der Waals surface area contributed by atoms with Crippen LogP contribution in [0.5, 0.6) is 0 Å². The van der Waals surface area contributed by atoms with E-state index in [1.807, 2.05) is 0 Å². The van der Waals surface area contributed by atoms with E-state index < -0.39 is 24.0 Å². The fourth-order valence-corrected chi connectivity index (χ4v) is 0.821. The molecule has 0 fully saturated rings. The molecule has 0 saturated carbocycles. The summed E-state index contributed by atoms with van der Waals surface area (Å²) >= 11 is 0. The van der Waals surface area contributed by atoms with Crippen molar-refractivity contribution in [2.45, 2.75) is 26.3 Å². The monoisotopic (exact) mass is 232 g/mol. The quantitative estimate of drug-likeness (QED) is 0.546. The molecule has 3 N–H and O–H groups in total. The third-order valence-corrected chi connectivity index (χ3v) is 1.64. The normalized spacial score (nSPS) is 11.4. The number of hydrogen-bond donors (Lipinski definition) is 3. The number of carbonyl (C=O) groups is 3. The summed E-state index contributed by atoms with van der Waals surface area (Å²) in [7, 11) is 0. The minimum Gasteiger partial charge on any atom is -0.480 e. The average Bonchev–Trinajstić information content (AvgIpc) is 2.17. The highest BCUT2D eigenvalue weighted by Gasteiger charge is 2.13. The lowest BCUT2D eigenvalue weighted by molar-refractivity contribution is -0.143. The number of hydrogen-bond acceptors (Lipinski definition) is 4. The summed E-state index contributed by atoms with van der Waals surface area (Å²) in [6.07, 6.45) is 0.0582. The Hall–Kier alpha value is -1.79. The summed E-state index contributed by atoms with van der Waals surface area (Å²) in [6.45, 7) is 3.43. The number of urea groups is 1. The lowest BCUT2D eigenvalue weighted by Gasteiger charge is -2.10. The first kappa shape index (κ1) is 14.2. The maximum absolute atomic E-state index is 11.1. The first-order chi connectivity index (χ1) is 7.47. The van der Waals surface area contributed by atoms with Gasteiger partial charge in [-0.25, -0.2) is 4.79 Å². The number of carboxylic acid groups (broad SMARTS) is 1. The molecular formula is C9H16N2O5. The van der Waals surface area contributed by atoms with E-state index >= 15 is 0 Å². The van der Waals surface area contributed by atoms with Crippen LogP contribution in [0.3, 0.4) is 0 Å². The molecule has 0 spiro atoms. The molecule has 1 unspecified atom stereocenters. The standard InChI is InChI=1S/C9H16N2O5/c1-3-16-7(12)4-5-10-9(15)11-6(2)8(13)14/h6H,3-5H2,1-2H3,(H,13,14)(H2,10,11,15). The Morgan fingerprint density at radius 2 is 2.00 bits per heavy atom. The van der Waals surface area contributed by atoms with Gasteiger partial charge < -0.3 is 20.5 Å². The van der Waals surface area contributed by atoms with Crippen LogP contribution in [0.4, 0.5) is 4.79 Å². The van der Waals surface area contributed by atoms with E-state index in [9.17, 15) is 14.4 Å². The first-order valence-electron chi connectivity index (χ1n) is 4.90. The molecule has 0 bridgehead atoms. The molecule has 2 amide bonds. The number of carboxylic acids is 1. The number of aliphatic carboxylic acids is 1. The van der Waals surface area contributed by atoms with Crippen LogP contribution in [-0.4, -0.2) is 42.3 Å². The number of nitrogens with one attached hydrogen (secondary N) is 2. The lowest BCUT2D eigenvalue weighted by Crippen LogP contribution is -2.44. The van der Waals surface area contributed by atoms with E-state index in [4.69, 9.17) is 5.11 Å². The zero-order chi connectivity index (χ0) is 12.6. The van der Waals surface area contributed by atoms with E-state index in [1.54, 1.807) is 6.92 Å². The van der Waals surface area contributed by atoms with Gasteiger partial charge >= 0.3 is 18.0 Å². The van der Waals surface area contributed by atoms with Gasteiger partial charge in [0.2, 0.25) is 0 Å². The number of rotatable bonds is 6. The summed E-state index contributed by atoms with van der Waals surface area (Å²) < 4.78 is 4.64. The second kappa shape index (κ2) is 7.49. The molecule has 92 valence electrons. The Balaban J connectivity index is 3.66. The SMILES string of the molecule is CCOC(=O)CCNC(=O)NC(C)C(=O)O. The molecule has 16 heavy (non-hydrogen) atoms. The molecule has 0 aromatic carbocycles. The Morgan fingerprint density at radius 3 is 2.50 bits per heavy atom. The van der Waals surface area contributed by atoms with Gasteiger partial charge in [0, 0.05) is 6.54 Å². The number of esters is 1.